The second-order valence-corrected chi connectivity index (χ2v) is 7.68. The summed E-state index contributed by atoms with van der Waals surface area (Å²) in [5.74, 6) is 2.03. The summed E-state index contributed by atoms with van der Waals surface area (Å²) in [5.41, 5.74) is 2.47. The largest absolute Gasteiger partial charge is 1.00 e. The molecule has 3 aromatic carbocycles. The summed E-state index contributed by atoms with van der Waals surface area (Å²) in [7, 11) is 1.70. The number of alkyl halides is 1. The maximum Gasteiger partial charge on any atom is 0.283 e. The van der Waals surface area contributed by atoms with Crippen LogP contribution < -0.4 is 31.6 Å². The first-order valence-corrected chi connectivity index (χ1v) is 10.6. The molecule has 1 atom stereocenters. The second-order valence-electron chi connectivity index (χ2n) is 6.89. The maximum absolute atomic E-state index is 5.29. The number of aryl methyl sites for hydroxylation is 1. The van der Waals surface area contributed by atoms with Gasteiger partial charge in [0.05, 0.1) is 12.5 Å². The van der Waals surface area contributed by atoms with E-state index in [0.717, 1.165) is 23.4 Å². The van der Waals surface area contributed by atoms with E-state index in [9.17, 15) is 0 Å². The molecule has 0 aliphatic heterocycles. The molecule has 0 saturated heterocycles. The van der Waals surface area contributed by atoms with Gasteiger partial charge in [0.2, 0.25) is 0 Å². The number of fused-ring (bicyclic) bond motifs is 3. The summed E-state index contributed by atoms with van der Waals surface area (Å²) in [6.45, 7) is 3.09. The van der Waals surface area contributed by atoms with Crippen molar-refractivity contribution < 1.29 is 26.3 Å². The topological polar surface area (TPSA) is 25.1 Å². The molecule has 0 bridgehead atoms. The summed E-state index contributed by atoms with van der Waals surface area (Å²) >= 11 is 3.63. The zero-order valence-corrected chi connectivity index (χ0v) is 19.7. The molecule has 0 aliphatic rings. The maximum atomic E-state index is 5.29. The van der Waals surface area contributed by atoms with Crippen LogP contribution in [0.4, 0.5) is 5.82 Å². The van der Waals surface area contributed by atoms with Gasteiger partial charge in [-0.2, -0.15) is 0 Å². The van der Waals surface area contributed by atoms with Gasteiger partial charge in [-0.15, -0.1) is 0 Å². The number of pyridine rings is 1. The molecule has 1 aromatic heterocycles. The fourth-order valence-corrected chi connectivity index (χ4v) is 4.14. The van der Waals surface area contributed by atoms with Gasteiger partial charge in [-0.1, -0.05) is 64.5 Å². The van der Waals surface area contributed by atoms with Gasteiger partial charge >= 0.3 is 0 Å². The van der Waals surface area contributed by atoms with Crippen molar-refractivity contribution in [2.45, 2.75) is 19.5 Å². The molecule has 0 amide bonds. The number of hydrogen-bond donors (Lipinski definition) is 1. The minimum absolute atomic E-state index is 0. The molecule has 0 spiro atoms. The fraction of sp³-hybridized carbons (Fsp3) is 0.208. The van der Waals surface area contributed by atoms with Crippen LogP contribution in [0.1, 0.15) is 18.5 Å². The molecule has 3 nitrogen and oxygen atoms in total. The third-order valence-corrected chi connectivity index (χ3v) is 5.57. The van der Waals surface area contributed by atoms with Crippen LogP contribution in [-0.4, -0.2) is 12.4 Å². The van der Waals surface area contributed by atoms with Crippen molar-refractivity contribution in [1.29, 1.82) is 0 Å². The third kappa shape index (κ3) is 4.26. The highest BCUT2D eigenvalue weighted by Gasteiger charge is 2.22. The molecule has 1 heterocycles. The quantitative estimate of drug-likeness (QED) is 0.243. The lowest BCUT2D eigenvalue weighted by atomic mass is 10.0. The molecule has 0 radical (unpaired) electrons. The average Bonchev–Trinajstić information content (AvgIpc) is 2.76. The number of para-hydroxylation sites is 1. The van der Waals surface area contributed by atoms with Crippen molar-refractivity contribution in [1.82, 2.24) is 0 Å². The van der Waals surface area contributed by atoms with Gasteiger partial charge in [0.1, 0.15) is 23.9 Å². The van der Waals surface area contributed by atoms with Crippen LogP contribution in [0.5, 0.6) is 5.75 Å². The number of nitrogens with one attached hydrogen (secondary N) is 1. The van der Waals surface area contributed by atoms with E-state index in [2.05, 4.69) is 93.4 Å². The predicted octanol–water partition coefficient (Wildman–Crippen LogP) is 2.86. The SMILES string of the molecule is COc1ccc([C@@H](C)Nc2c3ccccc3c3ccccc3[n+]2CCBr)cc1.[Br-]. The van der Waals surface area contributed by atoms with Gasteiger partial charge in [-0.25, -0.2) is 4.57 Å². The van der Waals surface area contributed by atoms with E-state index in [-0.39, 0.29) is 23.0 Å². The molecule has 0 fully saturated rings. The van der Waals surface area contributed by atoms with E-state index in [4.69, 9.17) is 4.74 Å². The Morgan fingerprint density at radius 3 is 2.17 bits per heavy atom. The zero-order valence-electron chi connectivity index (χ0n) is 16.5. The zero-order chi connectivity index (χ0) is 19.5. The van der Waals surface area contributed by atoms with Crippen molar-refractivity contribution in [3.8, 4) is 5.75 Å². The molecule has 29 heavy (non-hydrogen) atoms. The molecule has 5 heteroatoms. The first kappa shape index (κ1) is 21.6. The third-order valence-electron chi connectivity index (χ3n) is 5.21. The molecule has 4 aromatic rings. The van der Waals surface area contributed by atoms with Crippen LogP contribution >= 0.6 is 15.9 Å². The van der Waals surface area contributed by atoms with Crippen molar-refractivity contribution in [2.75, 3.05) is 17.8 Å². The van der Waals surface area contributed by atoms with Crippen LogP contribution in [0.2, 0.25) is 0 Å². The minimum atomic E-state index is 0. The van der Waals surface area contributed by atoms with E-state index in [0.29, 0.717) is 0 Å². The van der Waals surface area contributed by atoms with E-state index < -0.39 is 0 Å². The Labute approximate surface area is 190 Å². The molecule has 0 aliphatic carbocycles. The van der Waals surface area contributed by atoms with Crippen molar-refractivity contribution in [3.63, 3.8) is 0 Å². The Balaban J connectivity index is 0.00000240. The highest BCUT2D eigenvalue weighted by atomic mass is 79.9. The van der Waals surface area contributed by atoms with Gasteiger partial charge < -0.3 is 21.7 Å². The monoisotopic (exact) mass is 514 g/mol. The summed E-state index contributed by atoms with van der Waals surface area (Å²) in [5, 5.41) is 8.47. The van der Waals surface area contributed by atoms with E-state index in [1.165, 1.54) is 27.2 Å². The Morgan fingerprint density at radius 2 is 1.52 bits per heavy atom. The van der Waals surface area contributed by atoms with E-state index >= 15 is 0 Å². The number of methoxy groups -OCH3 is 1. The van der Waals surface area contributed by atoms with Crippen molar-refractivity contribution in [2.24, 2.45) is 0 Å². The van der Waals surface area contributed by atoms with Gasteiger partial charge in [-0.05, 0) is 36.8 Å². The lowest BCUT2D eigenvalue weighted by Crippen LogP contribution is -3.00. The van der Waals surface area contributed by atoms with Gasteiger partial charge in [-0.3, -0.25) is 5.32 Å². The van der Waals surface area contributed by atoms with Gasteiger partial charge in [0.15, 0.2) is 0 Å². The summed E-state index contributed by atoms with van der Waals surface area (Å²) in [4.78, 5) is 0. The van der Waals surface area contributed by atoms with Gasteiger partial charge in [0, 0.05) is 16.1 Å². The molecule has 1 N–H and O–H groups in total. The smallest absolute Gasteiger partial charge is 0.283 e. The number of hydrogen-bond acceptors (Lipinski definition) is 2. The number of aromatic nitrogens is 1. The molecule has 0 saturated carbocycles. The van der Waals surface area contributed by atoms with Crippen LogP contribution in [0.25, 0.3) is 21.7 Å². The number of benzene rings is 3. The molecular weight excluding hydrogens is 492 g/mol. The van der Waals surface area contributed by atoms with Crippen LogP contribution in [0.15, 0.2) is 72.8 Å². The first-order chi connectivity index (χ1) is 13.7. The van der Waals surface area contributed by atoms with E-state index in [1.54, 1.807) is 7.11 Å². The summed E-state index contributed by atoms with van der Waals surface area (Å²) in [6.07, 6.45) is 0. The number of halogens is 2. The number of rotatable bonds is 6. The molecule has 0 unspecified atom stereocenters. The standard InChI is InChI=1S/C24H23BrN2O.BrH/c1-17(18-11-13-19(28-2)14-12-18)26-24-22-9-4-3-7-20(22)21-8-5-6-10-23(21)27(24)16-15-25;/h3-14,17H,15-16H2,1-2H3;1H/t17-;/m1./s1. The molecule has 4 rings (SSSR count). The Kier molecular flexibility index (Phi) is 7.14. The van der Waals surface area contributed by atoms with Crippen molar-refractivity contribution in [3.05, 3.63) is 78.4 Å². The molecule has 150 valence electrons. The van der Waals surface area contributed by atoms with Crippen LogP contribution in [0, 0.1) is 0 Å². The van der Waals surface area contributed by atoms with Gasteiger partial charge in [0.25, 0.3) is 5.82 Å². The highest BCUT2D eigenvalue weighted by molar-refractivity contribution is 9.09. The number of anilines is 1. The lowest BCUT2D eigenvalue weighted by molar-refractivity contribution is -0.651. The Morgan fingerprint density at radius 1 is 0.897 bits per heavy atom. The summed E-state index contributed by atoms with van der Waals surface area (Å²) < 4.78 is 7.68. The Bertz CT molecular complexity index is 1110. The van der Waals surface area contributed by atoms with E-state index in [1.807, 2.05) is 12.1 Å². The van der Waals surface area contributed by atoms with Crippen LogP contribution in [-0.2, 0) is 6.54 Å². The first-order valence-electron chi connectivity index (χ1n) is 9.52. The summed E-state index contributed by atoms with van der Waals surface area (Å²) in [6, 6.07) is 25.7. The lowest BCUT2D eigenvalue weighted by Gasteiger charge is -2.17. The number of ether oxygens (including phenoxy) is 1. The molecular formula is C24H24Br2N2O. The number of nitrogens with zero attached hydrogens (tertiary/aromatic N) is 1. The second kappa shape index (κ2) is 9.59. The Hall–Kier alpha value is -2.11. The normalized spacial score (nSPS) is 11.8. The van der Waals surface area contributed by atoms with Crippen molar-refractivity contribution >= 4 is 43.4 Å². The minimum Gasteiger partial charge on any atom is -1.00 e. The average molecular weight is 516 g/mol. The predicted molar refractivity (Wildman–Crippen MR) is 120 cm³/mol. The van der Waals surface area contributed by atoms with Crippen LogP contribution in [0.3, 0.4) is 0 Å². The highest BCUT2D eigenvalue weighted by Crippen LogP contribution is 2.30. The fourth-order valence-electron chi connectivity index (χ4n) is 3.78.